The Morgan fingerprint density at radius 2 is 2.05 bits per heavy atom. The fourth-order valence-electron chi connectivity index (χ4n) is 1.63. The predicted molar refractivity (Wildman–Crippen MR) is 83.3 cm³/mol. The van der Waals surface area contributed by atoms with Crippen LogP contribution in [-0.2, 0) is 10.0 Å². The van der Waals surface area contributed by atoms with E-state index < -0.39 is 15.8 Å². The maximum absolute atomic E-state index is 13.7. The third-order valence-electron chi connectivity index (χ3n) is 2.58. The van der Waals surface area contributed by atoms with Crippen molar-refractivity contribution in [2.45, 2.75) is 11.8 Å². The molecular formula is C13H13BrFN3O2S. The van der Waals surface area contributed by atoms with Gasteiger partial charge < -0.3 is 5.32 Å². The van der Waals surface area contributed by atoms with E-state index in [0.717, 1.165) is 0 Å². The molecule has 0 bridgehead atoms. The van der Waals surface area contributed by atoms with Crippen molar-refractivity contribution in [1.82, 2.24) is 4.98 Å². The number of pyridine rings is 1. The summed E-state index contributed by atoms with van der Waals surface area (Å²) < 4.78 is 41.0. The van der Waals surface area contributed by atoms with Gasteiger partial charge in [-0.15, -0.1) is 0 Å². The smallest absolute Gasteiger partial charge is 0.262 e. The Morgan fingerprint density at radius 1 is 1.29 bits per heavy atom. The number of anilines is 2. The lowest BCUT2D eigenvalue weighted by atomic mass is 10.3. The number of aromatic nitrogens is 1. The lowest BCUT2D eigenvalue weighted by molar-refractivity contribution is 0.598. The van der Waals surface area contributed by atoms with Crippen molar-refractivity contribution < 1.29 is 12.8 Å². The first kappa shape index (κ1) is 15.7. The normalized spacial score (nSPS) is 11.2. The highest BCUT2D eigenvalue weighted by Crippen LogP contribution is 2.23. The van der Waals surface area contributed by atoms with Gasteiger partial charge in [-0.05, 0) is 31.2 Å². The number of nitrogens with one attached hydrogen (secondary N) is 2. The van der Waals surface area contributed by atoms with Gasteiger partial charge in [-0.2, -0.15) is 0 Å². The van der Waals surface area contributed by atoms with Crippen molar-refractivity contribution >= 4 is 37.5 Å². The Bertz CT molecular complexity index is 753. The molecule has 112 valence electrons. The van der Waals surface area contributed by atoms with Gasteiger partial charge in [0.2, 0.25) is 0 Å². The molecule has 0 aliphatic rings. The van der Waals surface area contributed by atoms with Gasteiger partial charge in [0.15, 0.2) is 0 Å². The zero-order chi connectivity index (χ0) is 15.5. The summed E-state index contributed by atoms with van der Waals surface area (Å²) in [6, 6.07) is 6.83. The molecule has 0 aliphatic heterocycles. The van der Waals surface area contributed by atoms with Crippen LogP contribution in [0.1, 0.15) is 6.92 Å². The van der Waals surface area contributed by atoms with Gasteiger partial charge in [0, 0.05) is 23.3 Å². The molecule has 0 radical (unpaired) electrons. The predicted octanol–water partition coefficient (Wildman–Crippen LogP) is 3.22. The van der Waals surface area contributed by atoms with Gasteiger partial charge in [-0.25, -0.2) is 17.8 Å². The molecule has 8 heteroatoms. The monoisotopic (exact) mass is 373 g/mol. The van der Waals surface area contributed by atoms with Crippen LogP contribution in [0.25, 0.3) is 0 Å². The SMILES string of the molecule is CCNc1cc(S(=O)(=O)Nc2ccc(Br)cc2F)ccn1. The molecule has 0 spiro atoms. The lowest BCUT2D eigenvalue weighted by Gasteiger charge is -2.10. The Morgan fingerprint density at radius 3 is 2.71 bits per heavy atom. The van der Waals surface area contributed by atoms with E-state index in [9.17, 15) is 12.8 Å². The molecule has 1 heterocycles. The molecule has 0 saturated carbocycles. The van der Waals surface area contributed by atoms with Crippen LogP contribution < -0.4 is 10.0 Å². The summed E-state index contributed by atoms with van der Waals surface area (Å²) in [5.41, 5.74) is -0.111. The first-order chi connectivity index (χ1) is 9.92. The van der Waals surface area contributed by atoms with E-state index in [-0.39, 0.29) is 10.6 Å². The highest BCUT2D eigenvalue weighted by molar-refractivity contribution is 9.10. The average Bonchev–Trinajstić information content (AvgIpc) is 2.43. The summed E-state index contributed by atoms with van der Waals surface area (Å²) in [5, 5.41) is 2.92. The van der Waals surface area contributed by atoms with E-state index in [4.69, 9.17) is 0 Å². The Hall–Kier alpha value is -1.67. The minimum atomic E-state index is -3.87. The second-order valence-corrected chi connectivity index (χ2v) is 6.73. The van der Waals surface area contributed by atoms with Crippen LogP contribution in [-0.4, -0.2) is 19.9 Å². The fourth-order valence-corrected chi connectivity index (χ4v) is 3.04. The number of sulfonamides is 1. The quantitative estimate of drug-likeness (QED) is 0.843. The second kappa shape index (κ2) is 6.40. The van der Waals surface area contributed by atoms with Crippen molar-refractivity contribution in [2.75, 3.05) is 16.6 Å². The molecule has 0 aliphatic carbocycles. The Balaban J connectivity index is 2.31. The van der Waals surface area contributed by atoms with Crippen LogP contribution in [0, 0.1) is 5.82 Å². The topological polar surface area (TPSA) is 71.1 Å². The number of hydrogen-bond acceptors (Lipinski definition) is 4. The summed E-state index contributed by atoms with van der Waals surface area (Å²) in [6.45, 7) is 2.49. The lowest BCUT2D eigenvalue weighted by Crippen LogP contribution is -2.14. The van der Waals surface area contributed by atoms with Crippen LogP contribution in [0.3, 0.4) is 0 Å². The van der Waals surface area contributed by atoms with Crippen LogP contribution in [0.2, 0.25) is 0 Å². The van der Waals surface area contributed by atoms with E-state index in [1.165, 1.54) is 30.5 Å². The van der Waals surface area contributed by atoms with E-state index in [0.29, 0.717) is 16.8 Å². The van der Waals surface area contributed by atoms with Crippen molar-refractivity contribution in [3.05, 3.63) is 46.8 Å². The van der Waals surface area contributed by atoms with Crippen LogP contribution in [0.5, 0.6) is 0 Å². The number of nitrogens with zero attached hydrogens (tertiary/aromatic N) is 1. The van der Waals surface area contributed by atoms with Crippen LogP contribution in [0.15, 0.2) is 45.9 Å². The summed E-state index contributed by atoms with van der Waals surface area (Å²) in [5.74, 6) is -0.217. The number of benzene rings is 1. The van der Waals surface area contributed by atoms with E-state index >= 15 is 0 Å². The molecule has 5 nitrogen and oxygen atoms in total. The minimum absolute atomic E-state index is 0.00997. The number of rotatable bonds is 5. The molecule has 0 fully saturated rings. The zero-order valence-corrected chi connectivity index (χ0v) is 13.5. The van der Waals surface area contributed by atoms with Gasteiger partial charge >= 0.3 is 0 Å². The van der Waals surface area contributed by atoms with Crippen molar-refractivity contribution in [2.24, 2.45) is 0 Å². The Kier molecular flexibility index (Phi) is 4.79. The summed E-state index contributed by atoms with van der Waals surface area (Å²) >= 11 is 3.11. The van der Waals surface area contributed by atoms with Gasteiger partial charge in [0.25, 0.3) is 10.0 Å². The fraction of sp³-hybridized carbons (Fsp3) is 0.154. The highest BCUT2D eigenvalue weighted by Gasteiger charge is 2.17. The van der Waals surface area contributed by atoms with Gasteiger partial charge in [0.05, 0.1) is 10.6 Å². The Labute approximate surface area is 130 Å². The molecule has 0 unspecified atom stereocenters. The summed E-state index contributed by atoms with van der Waals surface area (Å²) in [4.78, 5) is 4.01. The van der Waals surface area contributed by atoms with Gasteiger partial charge in [0.1, 0.15) is 11.6 Å². The molecule has 0 atom stereocenters. The molecule has 0 amide bonds. The average molecular weight is 374 g/mol. The number of hydrogen-bond donors (Lipinski definition) is 2. The third kappa shape index (κ3) is 3.92. The second-order valence-electron chi connectivity index (χ2n) is 4.14. The zero-order valence-electron chi connectivity index (χ0n) is 11.1. The van der Waals surface area contributed by atoms with Crippen LogP contribution in [0.4, 0.5) is 15.9 Å². The van der Waals surface area contributed by atoms with Gasteiger partial charge in [-0.1, -0.05) is 15.9 Å². The molecule has 2 rings (SSSR count). The standard InChI is InChI=1S/C13H13BrFN3O2S/c1-2-16-13-8-10(5-6-17-13)21(19,20)18-12-4-3-9(14)7-11(12)15/h3-8,18H,2H2,1H3,(H,16,17). The molecule has 1 aromatic heterocycles. The first-order valence-electron chi connectivity index (χ1n) is 6.10. The number of halogens is 2. The maximum Gasteiger partial charge on any atom is 0.262 e. The molecule has 2 N–H and O–H groups in total. The molecule has 2 aromatic rings. The molecule has 21 heavy (non-hydrogen) atoms. The van der Waals surface area contributed by atoms with E-state index in [1.54, 1.807) is 6.07 Å². The minimum Gasteiger partial charge on any atom is -0.370 e. The summed E-state index contributed by atoms with van der Waals surface area (Å²) in [7, 11) is -3.87. The largest absolute Gasteiger partial charge is 0.370 e. The van der Waals surface area contributed by atoms with Crippen molar-refractivity contribution in [3.8, 4) is 0 Å². The molecule has 0 saturated heterocycles. The summed E-state index contributed by atoms with van der Waals surface area (Å²) in [6.07, 6.45) is 1.38. The van der Waals surface area contributed by atoms with Crippen molar-refractivity contribution in [3.63, 3.8) is 0 Å². The van der Waals surface area contributed by atoms with Crippen LogP contribution >= 0.6 is 15.9 Å². The van der Waals surface area contributed by atoms with Gasteiger partial charge in [-0.3, -0.25) is 4.72 Å². The first-order valence-corrected chi connectivity index (χ1v) is 8.38. The van der Waals surface area contributed by atoms with E-state index in [1.807, 2.05) is 6.92 Å². The van der Waals surface area contributed by atoms with E-state index in [2.05, 4.69) is 31.0 Å². The maximum atomic E-state index is 13.7. The molecule has 1 aromatic carbocycles. The third-order valence-corrected chi connectivity index (χ3v) is 4.43. The highest BCUT2D eigenvalue weighted by atomic mass is 79.9. The van der Waals surface area contributed by atoms with Crippen molar-refractivity contribution in [1.29, 1.82) is 0 Å². The molecular weight excluding hydrogens is 361 g/mol.